The van der Waals surface area contributed by atoms with E-state index in [1.807, 2.05) is 23.1 Å². The topological polar surface area (TPSA) is 74.4 Å². The van der Waals surface area contributed by atoms with Gasteiger partial charge >= 0.3 is 6.09 Å². The van der Waals surface area contributed by atoms with Gasteiger partial charge in [-0.15, -0.1) is 0 Å². The molecular weight excluding hydrogens is 459 g/mol. The molecular formula is C24H27FN4O4S. The van der Waals surface area contributed by atoms with Crippen molar-refractivity contribution >= 4 is 40.6 Å². The summed E-state index contributed by atoms with van der Waals surface area (Å²) in [4.78, 5) is 30.4. The molecule has 0 saturated carbocycles. The van der Waals surface area contributed by atoms with Gasteiger partial charge in [-0.05, 0) is 37.3 Å². The van der Waals surface area contributed by atoms with Crippen molar-refractivity contribution in [1.82, 2.24) is 10.2 Å². The van der Waals surface area contributed by atoms with Gasteiger partial charge in [0.2, 0.25) is 0 Å². The maximum absolute atomic E-state index is 15.0. The molecule has 0 radical (unpaired) electrons. The molecule has 2 aromatic carbocycles. The average molecular weight is 487 g/mol. The summed E-state index contributed by atoms with van der Waals surface area (Å²) >= 11 is 4.98. The molecule has 0 spiro atoms. The molecule has 2 aliphatic heterocycles. The first-order valence-corrected chi connectivity index (χ1v) is 11.5. The first kappa shape index (κ1) is 23.7. The lowest BCUT2D eigenvalue weighted by Gasteiger charge is -2.36. The molecule has 2 saturated heterocycles. The van der Waals surface area contributed by atoms with Crippen LogP contribution in [0.3, 0.4) is 0 Å². The second kappa shape index (κ2) is 10.7. The number of nitrogens with zero attached hydrogens (tertiary/aromatic N) is 3. The standard InChI is InChI=1S/C24H27FN4O4S/c1-17(34)26-14-20-15-29(24(31)33-20)18-7-8-22(21(25)13-18)27-9-11-28(12-10-27)23(30)16-32-19-5-3-2-4-6-19/h2-8,13,20H,9-12,14-16H2,1H3,(H,26,34). The number of thiocarbonyl (C=S) groups is 1. The molecule has 2 aromatic rings. The predicted octanol–water partition coefficient (Wildman–Crippen LogP) is 2.82. The summed E-state index contributed by atoms with van der Waals surface area (Å²) in [6.07, 6.45) is -0.865. The predicted molar refractivity (Wildman–Crippen MR) is 131 cm³/mol. The second-order valence-electron chi connectivity index (χ2n) is 8.16. The third-order valence-electron chi connectivity index (χ3n) is 5.77. The van der Waals surface area contributed by atoms with E-state index in [0.717, 1.165) is 0 Å². The summed E-state index contributed by atoms with van der Waals surface area (Å²) in [5.41, 5.74) is 0.887. The van der Waals surface area contributed by atoms with Crippen LogP contribution in [0.1, 0.15) is 6.92 Å². The number of rotatable bonds is 7. The van der Waals surface area contributed by atoms with E-state index < -0.39 is 11.9 Å². The third-order valence-corrected chi connectivity index (χ3v) is 5.92. The van der Waals surface area contributed by atoms with Gasteiger partial charge in [-0.2, -0.15) is 0 Å². The minimum Gasteiger partial charge on any atom is -0.484 e. The highest BCUT2D eigenvalue weighted by molar-refractivity contribution is 7.80. The smallest absolute Gasteiger partial charge is 0.414 e. The Hall–Kier alpha value is -3.40. The number of benzene rings is 2. The number of nitrogens with one attached hydrogen (secondary N) is 1. The molecule has 2 aliphatic rings. The van der Waals surface area contributed by atoms with Crippen LogP contribution in [0.2, 0.25) is 0 Å². The second-order valence-corrected chi connectivity index (χ2v) is 8.77. The van der Waals surface area contributed by atoms with E-state index in [4.69, 9.17) is 21.7 Å². The number of halogens is 1. The van der Waals surface area contributed by atoms with Crippen molar-refractivity contribution in [3.63, 3.8) is 0 Å². The molecule has 2 heterocycles. The molecule has 0 bridgehead atoms. The quantitative estimate of drug-likeness (QED) is 0.604. The number of amides is 2. The number of hydrogen-bond donors (Lipinski definition) is 1. The largest absolute Gasteiger partial charge is 0.484 e. The molecule has 1 unspecified atom stereocenters. The van der Waals surface area contributed by atoms with Crippen LogP contribution in [0.4, 0.5) is 20.6 Å². The Kier molecular flexibility index (Phi) is 7.46. The number of hydrogen-bond acceptors (Lipinski definition) is 6. The minimum atomic E-state index is -0.509. The fraction of sp³-hybridized carbons (Fsp3) is 0.375. The maximum Gasteiger partial charge on any atom is 0.414 e. The number of ether oxygens (including phenoxy) is 2. The molecule has 4 rings (SSSR count). The van der Waals surface area contributed by atoms with Crippen molar-refractivity contribution in [3.05, 3.63) is 54.3 Å². The molecule has 2 amide bonds. The van der Waals surface area contributed by atoms with Crippen molar-refractivity contribution in [3.8, 4) is 5.75 Å². The fourth-order valence-electron chi connectivity index (χ4n) is 3.97. The number of para-hydroxylation sites is 1. The van der Waals surface area contributed by atoms with Gasteiger partial charge in [-0.25, -0.2) is 9.18 Å². The van der Waals surface area contributed by atoms with E-state index in [-0.39, 0.29) is 18.6 Å². The molecule has 8 nitrogen and oxygen atoms in total. The Balaban J connectivity index is 1.30. The Bertz CT molecular complexity index is 1050. The summed E-state index contributed by atoms with van der Waals surface area (Å²) in [6.45, 7) is 4.42. The van der Waals surface area contributed by atoms with E-state index in [2.05, 4.69) is 5.32 Å². The van der Waals surface area contributed by atoms with Crippen molar-refractivity contribution in [2.24, 2.45) is 0 Å². The molecule has 0 aromatic heterocycles. The zero-order valence-corrected chi connectivity index (χ0v) is 19.7. The molecule has 1 N–H and O–H groups in total. The zero-order chi connectivity index (χ0) is 24.1. The van der Waals surface area contributed by atoms with Crippen LogP contribution in [-0.2, 0) is 9.53 Å². The van der Waals surface area contributed by atoms with Crippen molar-refractivity contribution < 1.29 is 23.5 Å². The van der Waals surface area contributed by atoms with E-state index in [0.29, 0.717) is 61.4 Å². The lowest BCUT2D eigenvalue weighted by molar-refractivity contribution is -0.133. The lowest BCUT2D eigenvalue weighted by atomic mass is 10.2. The van der Waals surface area contributed by atoms with Gasteiger partial charge in [0.05, 0.1) is 29.5 Å². The van der Waals surface area contributed by atoms with Crippen LogP contribution in [0, 0.1) is 5.82 Å². The summed E-state index contributed by atoms with van der Waals surface area (Å²) in [6, 6.07) is 13.9. The van der Waals surface area contributed by atoms with Gasteiger partial charge in [0.25, 0.3) is 5.91 Å². The van der Waals surface area contributed by atoms with Crippen molar-refractivity contribution in [2.75, 3.05) is 55.7 Å². The van der Waals surface area contributed by atoms with Gasteiger partial charge in [-0.1, -0.05) is 30.4 Å². The summed E-state index contributed by atoms with van der Waals surface area (Å²) in [5, 5.41) is 2.98. The Morgan fingerprint density at radius 1 is 1.18 bits per heavy atom. The third kappa shape index (κ3) is 5.74. The Labute approximate surface area is 203 Å². The number of carbonyl (C=O) groups is 2. The van der Waals surface area contributed by atoms with Crippen LogP contribution >= 0.6 is 12.2 Å². The number of carbonyl (C=O) groups excluding carboxylic acids is 2. The van der Waals surface area contributed by atoms with Crippen LogP contribution in [0.25, 0.3) is 0 Å². The summed E-state index contributed by atoms with van der Waals surface area (Å²) < 4.78 is 25.9. The van der Waals surface area contributed by atoms with Gasteiger partial charge in [0.1, 0.15) is 17.7 Å². The van der Waals surface area contributed by atoms with Gasteiger partial charge in [-0.3, -0.25) is 9.69 Å². The first-order chi connectivity index (χ1) is 16.4. The van der Waals surface area contributed by atoms with Gasteiger partial charge in [0.15, 0.2) is 6.61 Å². The molecule has 10 heteroatoms. The normalized spacial score (nSPS) is 18.0. The molecule has 0 aliphatic carbocycles. The van der Waals surface area contributed by atoms with E-state index in [1.54, 1.807) is 36.1 Å². The van der Waals surface area contributed by atoms with Gasteiger partial charge in [0, 0.05) is 26.2 Å². The fourth-order valence-corrected chi connectivity index (χ4v) is 4.05. The molecule has 34 heavy (non-hydrogen) atoms. The average Bonchev–Trinajstić information content (AvgIpc) is 3.22. The maximum atomic E-state index is 15.0. The van der Waals surface area contributed by atoms with Crippen LogP contribution in [0.15, 0.2) is 48.5 Å². The molecule has 1 atom stereocenters. The highest BCUT2D eigenvalue weighted by atomic mass is 32.1. The zero-order valence-electron chi connectivity index (χ0n) is 18.9. The van der Waals surface area contributed by atoms with Crippen molar-refractivity contribution in [2.45, 2.75) is 13.0 Å². The van der Waals surface area contributed by atoms with Crippen molar-refractivity contribution in [1.29, 1.82) is 0 Å². The Morgan fingerprint density at radius 3 is 2.59 bits per heavy atom. The molecule has 2 fully saturated rings. The van der Waals surface area contributed by atoms with Crippen LogP contribution < -0.4 is 19.9 Å². The highest BCUT2D eigenvalue weighted by Gasteiger charge is 2.33. The SMILES string of the molecule is CC(=S)NCC1CN(c2ccc(N3CCN(C(=O)COc4ccccc4)CC3)c(F)c2)C(=O)O1. The van der Waals surface area contributed by atoms with Crippen LogP contribution in [0.5, 0.6) is 5.75 Å². The first-order valence-electron chi connectivity index (χ1n) is 11.1. The van der Waals surface area contributed by atoms with E-state index in [1.165, 1.54) is 11.0 Å². The molecule has 180 valence electrons. The number of piperazine rings is 1. The lowest BCUT2D eigenvalue weighted by Crippen LogP contribution is -2.50. The number of cyclic esters (lactones) is 1. The highest BCUT2D eigenvalue weighted by Crippen LogP contribution is 2.28. The van der Waals surface area contributed by atoms with Gasteiger partial charge < -0.3 is 24.6 Å². The van der Waals surface area contributed by atoms with E-state index >= 15 is 0 Å². The number of anilines is 2. The summed E-state index contributed by atoms with van der Waals surface area (Å²) in [5.74, 6) is 0.128. The Morgan fingerprint density at radius 2 is 1.91 bits per heavy atom. The minimum absolute atomic E-state index is 0.0282. The summed E-state index contributed by atoms with van der Waals surface area (Å²) in [7, 11) is 0. The monoisotopic (exact) mass is 486 g/mol. The van der Waals surface area contributed by atoms with Crippen LogP contribution in [-0.4, -0.2) is 73.9 Å². The van der Waals surface area contributed by atoms with E-state index in [9.17, 15) is 14.0 Å².